The standard InChI is InChI=1S/C19H17NO11/c21-13-4-2-11(15(9-13)17(22)23)10-31-30-7-1-6-29-19(26)14-5-3-12(20(27)28)8-16(14)18(24)25/h2-5,8-9,21H,1,6-7,10H2,(H,22,23)(H,24,25). The fourth-order valence-corrected chi connectivity index (χ4v) is 2.41. The Balaban J connectivity index is 1.79. The van der Waals surface area contributed by atoms with Crippen LogP contribution in [0.2, 0.25) is 0 Å². The van der Waals surface area contributed by atoms with Crippen molar-refractivity contribution in [3.05, 3.63) is 68.8 Å². The van der Waals surface area contributed by atoms with E-state index in [2.05, 4.69) is 0 Å². The largest absolute Gasteiger partial charge is 0.508 e. The van der Waals surface area contributed by atoms with Crippen LogP contribution >= 0.6 is 0 Å². The van der Waals surface area contributed by atoms with Crippen LogP contribution in [0.5, 0.6) is 5.75 Å². The number of aromatic hydroxyl groups is 1. The van der Waals surface area contributed by atoms with E-state index in [1.807, 2.05) is 0 Å². The normalized spacial score (nSPS) is 10.5. The highest BCUT2D eigenvalue weighted by Crippen LogP contribution is 2.19. The van der Waals surface area contributed by atoms with Crippen molar-refractivity contribution in [1.29, 1.82) is 0 Å². The average Bonchev–Trinajstić information content (AvgIpc) is 2.72. The molecule has 3 N–H and O–H groups in total. The van der Waals surface area contributed by atoms with Crippen LogP contribution in [0.25, 0.3) is 0 Å². The first-order valence-electron chi connectivity index (χ1n) is 8.69. The van der Waals surface area contributed by atoms with Gasteiger partial charge in [0.05, 0.1) is 34.8 Å². The Morgan fingerprint density at radius 3 is 2.26 bits per heavy atom. The molecule has 0 spiro atoms. The van der Waals surface area contributed by atoms with Crippen molar-refractivity contribution in [3.8, 4) is 5.75 Å². The quantitative estimate of drug-likeness (QED) is 0.155. The van der Waals surface area contributed by atoms with Gasteiger partial charge in [-0.15, -0.1) is 0 Å². The highest BCUT2D eigenvalue weighted by atomic mass is 17.2. The number of nitrogens with zero attached hydrogens (tertiary/aromatic N) is 1. The second-order valence-corrected chi connectivity index (χ2v) is 6.01. The Morgan fingerprint density at radius 2 is 1.61 bits per heavy atom. The molecule has 0 saturated heterocycles. The second kappa shape index (κ2) is 10.7. The second-order valence-electron chi connectivity index (χ2n) is 6.01. The minimum absolute atomic E-state index is 0.0280. The zero-order valence-corrected chi connectivity index (χ0v) is 15.8. The van der Waals surface area contributed by atoms with Crippen molar-refractivity contribution in [2.45, 2.75) is 13.0 Å². The summed E-state index contributed by atoms with van der Waals surface area (Å²) in [5.41, 5.74) is -1.23. The van der Waals surface area contributed by atoms with Crippen molar-refractivity contribution in [3.63, 3.8) is 0 Å². The number of esters is 1. The van der Waals surface area contributed by atoms with Crippen LogP contribution in [-0.4, -0.2) is 51.4 Å². The lowest BCUT2D eigenvalue weighted by molar-refractivity contribution is -0.384. The number of rotatable bonds is 11. The predicted octanol–water partition coefficient (Wildman–Crippen LogP) is 2.39. The van der Waals surface area contributed by atoms with E-state index in [-0.39, 0.29) is 48.7 Å². The molecular weight excluding hydrogens is 418 g/mol. The minimum atomic E-state index is -1.51. The number of ether oxygens (including phenoxy) is 1. The van der Waals surface area contributed by atoms with E-state index in [0.717, 1.165) is 24.3 Å². The van der Waals surface area contributed by atoms with E-state index in [4.69, 9.17) is 24.7 Å². The summed E-state index contributed by atoms with van der Waals surface area (Å²) in [5, 5.41) is 38.3. The molecule has 2 aromatic carbocycles. The monoisotopic (exact) mass is 435 g/mol. The van der Waals surface area contributed by atoms with E-state index in [1.165, 1.54) is 12.1 Å². The highest BCUT2D eigenvalue weighted by molar-refractivity contribution is 6.03. The Morgan fingerprint density at radius 1 is 0.903 bits per heavy atom. The van der Waals surface area contributed by atoms with Crippen LogP contribution in [0.1, 0.15) is 43.1 Å². The molecule has 0 amide bonds. The van der Waals surface area contributed by atoms with Gasteiger partial charge in [-0.05, 0) is 23.8 Å². The number of hydrogen-bond donors (Lipinski definition) is 3. The molecule has 0 aliphatic carbocycles. The maximum atomic E-state index is 12.1. The first kappa shape index (κ1) is 23.3. The lowest BCUT2D eigenvalue weighted by Gasteiger charge is -2.09. The molecule has 0 heterocycles. The highest BCUT2D eigenvalue weighted by Gasteiger charge is 2.21. The van der Waals surface area contributed by atoms with Crippen LogP contribution in [0.3, 0.4) is 0 Å². The van der Waals surface area contributed by atoms with Crippen molar-refractivity contribution in [2.24, 2.45) is 0 Å². The predicted molar refractivity (Wildman–Crippen MR) is 101 cm³/mol. The summed E-state index contributed by atoms with van der Waals surface area (Å²) >= 11 is 0. The molecule has 0 unspecified atom stereocenters. The SMILES string of the molecule is O=C(O)c1cc(O)ccc1COOCCCOC(=O)c1ccc([N+](=O)[O-])cc1C(=O)O. The number of carbonyl (C=O) groups excluding carboxylic acids is 1. The zero-order valence-electron chi connectivity index (χ0n) is 15.8. The molecule has 0 bridgehead atoms. The van der Waals surface area contributed by atoms with Gasteiger partial charge in [-0.3, -0.25) is 10.1 Å². The first-order valence-corrected chi connectivity index (χ1v) is 8.69. The number of phenols is 1. The molecule has 0 radical (unpaired) electrons. The third-order valence-electron chi connectivity index (χ3n) is 3.89. The molecule has 12 nitrogen and oxygen atoms in total. The van der Waals surface area contributed by atoms with Gasteiger partial charge in [0, 0.05) is 18.6 Å². The fourth-order valence-electron chi connectivity index (χ4n) is 2.41. The summed E-state index contributed by atoms with van der Waals surface area (Å²) in [5.74, 6) is -3.93. The number of carboxylic acids is 2. The van der Waals surface area contributed by atoms with Gasteiger partial charge in [0.2, 0.25) is 0 Å². The molecule has 2 rings (SSSR count). The number of non-ortho nitro benzene ring substituents is 1. The Bertz CT molecular complexity index is 1000. The Labute approximate surface area is 174 Å². The number of carbonyl (C=O) groups is 3. The number of carboxylic acid groups (broad SMARTS) is 2. The van der Waals surface area contributed by atoms with E-state index >= 15 is 0 Å². The molecule has 0 aromatic heterocycles. The summed E-state index contributed by atoms with van der Waals surface area (Å²) in [6.45, 7) is -0.385. The van der Waals surface area contributed by atoms with Crippen molar-refractivity contribution >= 4 is 23.6 Å². The molecule has 0 fully saturated rings. The lowest BCUT2D eigenvalue weighted by Crippen LogP contribution is -2.13. The Hall–Kier alpha value is -4.03. The van der Waals surface area contributed by atoms with Gasteiger partial charge in [0.1, 0.15) is 12.4 Å². The van der Waals surface area contributed by atoms with Gasteiger partial charge in [-0.2, -0.15) is 0 Å². The molecule has 0 aliphatic heterocycles. The van der Waals surface area contributed by atoms with Crippen LogP contribution < -0.4 is 0 Å². The summed E-state index contributed by atoms with van der Waals surface area (Å²) in [6.07, 6.45) is 0.169. The lowest BCUT2D eigenvalue weighted by atomic mass is 10.1. The van der Waals surface area contributed by atoms with E-state index in [0.29, 0.717) is 0 Å². The Kier molecular flexibility index (Phi) is 8.00. The average molecular weight is 435 g/mol. The molecule has 0 aliphatic rings. The summed E-state index contributed by atoms with van der Waals surface area (Å²) in [4.78, 5) is 54.1. The van der Waals surface area contributed by atoms with Gasteiger partial charge in [0.25, 0.3) is 5.69 Å². The van der Waals surface area contributed by atoms with Crippen LogP contribution in [0, 0.1) is 10.1 Å². The maximum absolute atomic E-state index is 12.1. The van der Waals surface area contributed by atoms with Crippen LogP contribution in [-0.2, 0) is 21.1 Å². The van der Waals surface area contributed by atoms with Gasteiger partial charge < -0.3 is 20.1 Å². The molecule has 31 heavy (non-hydrogen) atoms. The summed E-state index contributed by atoms with van der Waals surface area (Å²) < 4.78 is 4.93. The van der Waals surface area contributed by atoms with E-state index in [9.17, 15) is 29.6 Å². The summed E-state index contributed by atoms with van der Waals surface area (Å²) in [6, 6.07) is 6.51. The number of nitro benzene ring substituents is 1. The summed E-state index contributed by atoms with van der Waals surface area (Å²) in [7, 11) is 0. The number of benzene rings is 2. The van der Waals surface area contributed by atoms with Gasteiger partial charge in [-0.1, -0.05) is 6.07 Å². The minimum Gasteiger partial charge on any atom is -0.508 e. The molecular formula is C19H17NO11. The molecule has 0 atom stereocenters. The third-order valence-corrected chi connectivity index (χ3v) is 3.89. The zero-order chi connectivity index (χ0) is 23.0. The topological polar surface area (TPSA) is 183 Å². The van der Waals surface area contributed by atoms with Crippen LogP contribution in [0.4, 0.5) is 5.69 Å². The molecule has 0 saturated carbocycles. The maximum Gasteiger partial charge on any atom is 0.339 e. The van der Waals surface area contributed by atoms with Crippen LogP contribution in [0.15, 0.2) is 36.4 Å². The van der Waals surface area contributed by atoms with Crippen molar-refractivity contribution in [1.82, 2.24) is 0 Å². The van der Waals surface area contributed by atoms with E-state index < -0.39 is 34.1 Å². The number of aromatic carboxylic acids is 2. The number of hydrogen-bond acceptors (Lipinski definition) is 9. The first-order chi connectivity index (χ1) is 14.7. The fraction of sp³-hybridized carbons (Fsp3) is 0.211. The van der Waals surface area contributed by atoms with Gasteiger partial charge in [-0.25, -0.2) is 24.2 Å². The van der Waals surface area contributed by atoms with Crippen molar-refractivity contribution in [2.75, 3.05) is 13.2 Å². The third kappa shape index (κ3) is 6.48. The van der Waals surface area contributed by atoms with Gasteiger partial charge in [0.15, 0.2) is 0 Å². The van der Waals surface area contributed by atoms with E-state index in [1.54, 1.807) is 0 Å². The van der Waals surface area contributed by atoms with Gasteiger partial charge >= 0.3 is 17.9 Å². The smallest absolute Gasteiger partial charge is 0.339 e. The number of phenolic OH excluding ortho intramolecular Hbond substituents is 1. The molecule has 12 heteroatoms. The van der Waals surface area contributed by atoms with Crippen molar-refractivity contribution < 1.29 is 49.1 Å². The molecule has 164 valence electrons. The number of nitro groups is 1. The molecule has 2 aromatic rings.